The molecule has 0 aromatic rings. The summed E-state index contributed by atoms with van der Waals surface area (Å²) in [5, 5.41) is -0.585. The third-order valence-corrected chi connectivity index (χ3v) is 4.35. The first-order chi connectivity index (χ1) is 11.4. The van der Waals surface area contributed by atoms with Crippen molar-refractivity contribution < 1.29 is 23.8 Å². The molecule has 5 nitrogen and oxygen atoms in total. The van der Waals surface area contributed by atoms with Gasteiger partial charge in [0.2, 0.25) is 0 Å². The molecule has 0 N–H and O–H groups in total. The first-order valence-corrected chi connectivity index (χ1v) is 9.94. The molecule has 0 saturated carbocycles. The lowest BCUT2D eigenvalue weighted by molar-refractivity contribution is -0.149. The molecule has 0 aliphatic rings. The topological polar surface area (TPSA) is 61.8 Å². The summed E-state index contributed by atoms with van der Waals surface area (Å²) in [4.78, 5) is 24.2. The molecular weight excluding hydrogens is 328 g/mol. The van der Waals surface area contributed by atoms with Crippen LogP contribution in [0.4, 0.5) is 0 Å². The Morgan fingerprint density at radius 2 is 1.54 bits per heavy atom. The molecule has 2 atom stereocenters. The van der Waals surface area contributed by atoms with E-state index in [0.717, 1.165) is 25.7 Å². The smallest absolute Gasteiger partial charge is 0.319 e. The lowest BCUT2D eigenvalue weighted by atomic mass is 10.2. The Morgan fingerprint density at radius 1 is 0.958 bits per heavy atom. The van der Waals surface area contributed by atoms with Crippen molar-refractivity contribution in [1.82, 2.24) is 0 Å². The molecule has 0 saturated heterocycles. The molecule has 0 bridgehead atoms. The van der Waals surface area contributed by atoms with Crippen molar-refractivity contribution in [3.8, 4) is 0 Å². The van der Waals surface area contributed by atoms with E-state index in [0.29, 0.717) is 25.7 Å². The predicted molar refractivity (Wildman–Crippen MR) is 98.0 cm³/mol. The van der Waals surface area contributed by atoms with E-state index in [9.17, 15) is 9.59 Å². The zero-order valence-corrected chi connectivity index (χ0v) is 16.7. The van der Waals surface area contributed by atoms with Gasteiger partial charge in [0.1, 0.15) is 10.7 Å². The van der Waals surface area contributed by atoms with E-state index in [-0.39, 0.29) is 23.8 Å². The zero-order valence-electron chi connectivity index (χ0n) is 15.8. The van der Waals surface area contributed by atoms with Crippen LogP contribution in [0.15, 0.2) is 0 Å². The van der Waals surface area contributed by atoms with Gasteiger partial charge in [-0.2, -0.15) is 0 Å². The summed E-state index contributed by atoms with van der Waals surface area (Å²) >= 11 is 1.32. The van der Waals surface area contributed by atoms with E-state index >= 15 is 0 Å². The van der Waals surface area contributed by atoms with Crippen LogP contribution in [-0.4, -0.2) is 42.4 Å². The molecule has 0 amide bonds. The Morgan fingerprint density at radius 3 is 2.08 bits per heavy atom. The average Bonchev–Trinajstić information content (AvgIpc) is 2.52. The number of hydrogen-bond acceptors (Lipinski definition) is 6. The Bertz CT molecular complexity index is 346. The first-order valence-electron chi connectivity index (χ1n) is 8.99. The van der Waals surface area contributed by atoms with E-state index in [1.807, 2.05) is 20.8 Å². The highest BCUT2D eigenvalue weighted by atomic mass is 32.2. The van der Waals surface area contributed by atoms with Gasteiger partial charge in [-0.1, -0.05) is 40.5 Å². The number of thioether (sulfide) groups is 1. The highest BCUT2D eigenvalue weighted by molar-refractivity contribution is 8.01. The van der Waals surface area contributed by atoms with Gasteiger partial charge in [0.15, 0.2) is 0 Å². The largest absolute Gasteiger partial charge is 0.466 e. The molecule has 0 aliphatic carbocycles. The van der Waals surface area contributed by atoms with Crippen LogP contribution in [0, 0.1) is 5.92 Å². The van der Waals surface area contributed by atoms with E-state index in [4.69, 9.17) is 14.2 Å². The first kappa shape index (κ1) is 23.2. The maximum atomic E-state index is 12.3. The van der Waals surface area contributed by atoms with Crippen LogP contribution in [0.2, 0.25) is 0 Å². The lowest BCUT2D eigenvalue weighted by Crippen LogP contribution is -2.27. The third kappa shape index (κ3) is 12.6. The molecular formula is C18H34O5S. The fourth-order valence-electron chi connectivity index (χ4n) is 1.74. The van der Waals surface area contributed by atoms with Gasteiger partial charge in [-0.05, 0) is 25.7 Å². The van der Waals surface area contributed by atoms with Crippen molar-refractivity contribution in [3.63, 3.8) is 0 Å². The van der Waals surface area contributed by atoms with Gasteiger partial charge >= 0.3 is 11.9 Å². The van der Waals surface area contributed by atoms with Crippen molar-refractivity contribution in [2.45, 2.75) is 77.4 Å². The maximum Gasteiger partial charge on any atom is 0.319 e. The molecule has 2 unspecified atom stereocenters. The van der Waals surface area contributed by atoms with Crippen LogP contribution < -0.4 is 0 Å². The summed E-state index contributed by atoms with van der Waals surface area (Å²) in [6, 6.07) is 0. The second-order valence-electron chi connectivity index (χ2n) is 6.22. The van der Waals surface area contributed by atoms with Crippen LogP contribution in [-0.2, 0) is 23.8 Å². The minimum Gasteiger partial charge on any atom is -0.466 e. The van der Waals surface area contributed by atoms with E-state index in [1.165, 1.54) is 11.8 Å². The molecule has 0 aromatic heterocycles. The van der Waals surface area contributed by atoms with Crippen molar-refractivity contribution in [1.29, 1.82) is 0 Å². The minimum absolute atomic E-state index is 0.0225. The number of esters is 2. The van der Waals surface area contributed by atoms with Gasteiger partial charge in [-0.25, -0.2) is 0 Å². The van der Waals surface area contributed by atoms with Gasteiger partial charge in [-0.3, -0.25) is 9.59 Å². The molecule has 0 spiro atoms. The number of rotatable bonds is 14. The number of unbranched alkanes of at least 4 members (excludes halogenated alkanes) is 2. The number of carbonyl (C=O) groups is 2. The van der Waals surface area contributed by atoms with Crippen molar-refractivity contribution in [2.75, 3.05) is 19.8 Å². The van der Waals surface area contributed by atoms with Gasteiger partial charge < -0.3 is 14.2 Å². The maximum absolute atomic E-state index is 12.3. The van der Waals surface area contributed by atoms with Crippen molar-refractivity contribution in [2.24, 2.45) is 5.92 Å². The molecule has 0 rings (SSSR count). The third-order valence-electron chi connectivity index (χ3n) is 3.14. The summed E-state index contributed by atoms with van der Waals surface area (Å²) in [6.07, 6.45) is 3.60. The van der Waals surface area contributed by atoms with E-state index < -0.39 is 5.25 Å². The van der Waals surface area contributed by atoms with Gasteiger partial charge in [0.25, 0.3) is 0 Å². The highest BCUT2D eigenvalue weighted by Gasteiger charge is 2.27. The lowest BCUT2D eigenvalue weighted by Gasteiger charge is -2.20. The van der Waals surface area contributed by atoms with E-state index in [2.05, 4.69) is 13.8 Å². The molecule has 0 fully saturated rings. The molecule has 0 aliphatic heterocycles. The molecule has 24 heavy (non-hydrogen) atoms. The normalized spacial score (nSPS) is 13.6. The number of hydrogen-bond donors (Lipinski definition) is 0. The van der Waals surface area contributed by atoms with Crippen LogP contribution >= 0.6 is 11.8 Å². The van der Waals surface area contributed by atoms with Crippen molar-refractivity contribution >= 4 is 23.7 Å². The summed E-state index contributed by atoms with van der Waals surface area (Å²) in [6.45, 7) is 11.5. The number of carbonyl (C=O) groups excluding carboxylic acids is 2. The van der Waals surface area contributed by atoms with Crippen LogP contribution in [0.5, 0.6) is 0 Å². The summed E-state index contributed by atoms with van der Waals surface area (Å²) in [5.41, 5.74) is -0.181. The Labute approximate surface area is 151 Å². The molecule has 142 valence electrons. The molecule has 0 heterocycles. The van der Waals surface area contributed by atoms with Gasteiger partial charge in [0.05, 0.1) is 26.2 Å². The average molecular weight is 363 g/mol. The second-order valence-corrected chi connectivity index (χ2v) is 7.72. The minimum atomic E-state index is -0.585. The number of ether oxygens (including phenoxy) is 3. The Balaban J connectivity index is 4.51. The Hall–Kier alpha value is -0.750. The second kappa shape index (κ2) is 14.6. The van der Waals surface area contributed by atoms with Gasteiger partial charge in [-0.15, -0.1) is 11.8 Å². The molecule has 0 aromatic carbocycles. The zero-order chi connectivity index (χ0) is 18.4. The van der Waals surface area contributed by atoms with Crippen LogP contribution in [0.25, 0.3) is 0 Å². The van der Waals surface area contributed by atoms with E-state index in [1.54, 1.807) is 0 Å². The summed E-state index contributed by atoms with van der Waals surface area (Å²) in [7, 11) is 0. The van der Waals surface area contributed by atoms with Crippen LogP contribution in [0.3, 0.4) is 0 Å². The SMILES string of the molecule is CCCCOC(=O)CC(SC(C)OCC(C)C)C(=O)OCCCC. The predicted octanol–water partition coefficient (Wildman–Crippen LogP) is 4.18. The fraction of sp³-hybridized carbons (Fsp3) is 0.889. The van der Waals surface area contributed by atoms with Crippen LogP contribution in [0.1, 0.15) is 66.7 Å². The molecule has 6 heteroatoms. The summed E-state index contributed by atoms with van der Waals surface area (Å²) in [5.74, 6) is -0.299. The highest BCUT2D eigenvalue weighted by Crippen LogP contribution is 2.24. The summed E-state index contributed by atoms with van der Waals surface area (Å²) < 4.78 is 16.1. The standard InChI is InChI=1S/C18H34O5S/c1-6-8-10-21-17(19)12-16(18(20)22-11-9-7-2)24-15(5)23-13-14(3)4/h14-16H,6-13H2,1-5H3. The Kier molecular flexibility index (Phi) is 14.1. The monoisotopic (exact) mass is 362 g/mol. The van der Waals surface area contributed by atoms with Gasteiger partial charge in [0, 0.05) is 0 Å². The quantitative estimate of drug-likeness (QED) is 0.262. The van der Waals surface area contributed by atoms with Crippen molar-refractivity contribution in [3.05, 3.63) is 0 Å². The molecule has 0 radical (unpaired) electrons. The fourth-order valence-corrected chi connectivity index (χ4v) is 2.77.